The molecule has 6 heteroatoms. The van der Waals surface area contributed by atoms with Crippen LogP contribution in [0.3, 0.4) is 0 Å². The third kappa shape index (κ3) is 2.70. The predicted octanol–water partition coefficient (Wildman–Crippen LogP) is 2.08. The highest BCUT2D eigenvalue weighted by molar-refractivity contribution is 5.87. The van der Waals surface area contributed by atoms with Crippen LogP contribution in [0.15, 0.2) is 12.5 Å². The van der Waals surface area contributed by atoms with Crippen molar-refractivity contribution in [2.45, 2.75) is 57.1 Å². The largest absolute Gasteiger partial charge is 0.365 e. The molecule has 3 saturated heterocycles. The van der Waals surface area contributed by atoms with E-state index in [1.165, 1.54) is 12.8 Å². The Labute approximate surface area is 154 Å². The third-order valence-electron chi connectivity index (χ3n) is 7.11. The SMILES string of the molecule is Cc1cncnc1N1CCC2CC(NC(=O)C34CC(CO3)C4)CCC2C1. The van der Waals surface area contributed by atoms with Crippen LogP contribution in [0.1, 0.15) is 44.1 Å². The van der Waals surface area contributed by atoms with Crippen molar-refractivity contribution in [1.29, 1.82) is 0 Å². The molecule has 0 spiro atoms. The summed E-state index contributed by atoms with van der Waals surface area (Å²) in [5, 5.41) is 3.33. The van der Waals surface area contributed by atoms with E-state index in [4.69, 9.17) is 4.74 Å². The number of hydrogen-bond acceptors (Lipinski definition) is 5. The van der Waals surface area contributed by atoms with Crippen LogP contribution in [0.5, 0.6) is 0 Å². The molecule has 3 unspecified atom stereocenters. The van der Waals surface area contributed by atoms with Crippen LogP contribution in [-0.4, -0.2) is 47.2 Å². The molecule has 1 amide bonds. The Morgan fingerprint density at radius 3 is 2.96 bits per heavy atom. The second-order valence-electron chi connectivity index (χ2n) is 8.85. The van der Waals surface area contributed by atoms with Crippen LogP contribution in [0.2, 0.25) is 0 Å². The van der Waals surface area contributed by atoms with Crippen LogP contribution in [0.4, 0.5) is 5.82 Å². The van der Waals surface area contributed by atoms with Gasteiger partial charge in [-0.15, -0.1) is 0 Å². The first-order valence-corrected chi connectivity index (χ1v) is 10.1. The highest BCUT2D eigenvalue weighted by atomic mass is 16.5. The normalized spacial score (nSPS) is 38.4. The van der Waals surface area contributed by atoms with Crippen molar-refractivity contribution in [3.8, 4) is 0 Å². The van der Waals surface area contributed by atoms with E-state index in [0.29, 0.717) is 23.8 Å². The molecule has 0 aromatic carbocycles. The number of fused-ring (bicyclic) bond motifs is 2. The number of nitrogens with one attached hydrogen (secondary N) is 1. The summed E-state index contributed by atoms with van der Waals surface area (Å²) in [6, 6.07) is 0.328. The van der Waals surface area contributed by atoms with Gasteiger partial charge in [0.05, 0.1) is 6.61 Å². The van der Waals surface area contributed by atoms with Crippen LogP contribution in [0.25, 0.3) is 0 Å². The van der Waals surface area contributed by atoms with E-state index < -0.39 is 5.60 Å². The fraction of sp³-hybridized carbons (Fsp3) is 0.750. The summed E-state index contributed by atoms with van der Waals surface area (Å²) >= 11 is 0. The lowest BCUT2D eigenvalue weighted by Gasteiger charge is -2.45. The van der Waals surface area contributed by atoms with Crippen molar-refractivity contribution in [3.05, 3.63) is 18.1 Å². The molecule has 2 bridgehead atoms. The van der Waals surface area contributed by atoms with Gasteiger partial charge in [-0.25, -0.2) is 9.97 Å². The van der Waals surface area contributed by atoms with Gasteiger partial charge in [-0.3, -0.25) is 4.79 Å². The number of anilines is 1. The lowest BCUT2D eigenvalue weighted by molar-refractivity contribution is -0.144. The predicted molar refractivity (Wildman–Crippen MR) is 97.8 cm³/mol. The quantitative estimate of drug-likeness (QED) is 0.898. The molecule has 2 aliphatic carbocycles. The van der Waals surface area contributed by atoms with E-state index in [2.05, 4.69) is 27.1 Å². The molecular formula is C20H28N4O2. The van der Waals surface area contributed by atoms with Gasteiger partial charge < -0.3 is 15.0 Å². The summed E-state index contributed by atoms with van der Waals surface area (Å²) in [4.78, 5) is 23.7. The van der Waals surface area contributed by atoms with Gasteiger partial charge in [-0.1, -0.05) is 0 Å². The zero-order chi connectivity index (χ0) is 17.7. The van der Waals surface area contributed by atoms with E-state index in [0.717, 1.165) is 56.8 Å². The van der Waals surface area contributed by atoms with E-state index in [-0.39, 0.29) is 5.91 Å². The van der Waals surface area contributed by atoms with E-state index in [1.54, 1.807) is 6.33 Å². The number of ether oxygens (including phenoxy) is 1. The zero-order valence-corrected chi connectivity index (χ0v) is 15.5. The van der Waals surface area contributed by atoms with Crippen LogP contribution in [0, 0.1) is 24.7 Å². The number of rotatable bonds is 3. The molecule has 6 rings (SSSR count). The maximum atomic E-state index is 12.6. The molecule has 5 aliphatic rings. The summed E-state index contributed by atoms with van der Waals surface area (Å²) < 4.78 is 5.77. The summed E-state index contributed by atoms with van der Waals surface area (Å²) in [5.74, 6) is 3.30. The molecule has 3 aliphatic heterocycles. The number of carbonyl (C=O) groups excluding carboxylic acids is 1. The van der Waals surface area contributed by atoms with E-state index in [1.807, 2.05) is 6.20 Å². The highest BCUT2D eigenvalue weighted by Crippen LogP contribution is 2.48. The van der Waals surface area contributed by atoms with Crippen molar-refractivity contribution in [2.75, 3.05) is 24.6 Å². The van der Waals surface area contributed by atoms with Gasteiger partial charge >= 0.3 is 0 Å². The molecule has 3 atom stereocenters. The average Bonchev–Trinajstić information content (AvgIpc) is 3.24. The minimum Gasteiger partial charge on any atom is -0.365 e. The highest BCUT2D eigenvalue weighted by Gasteiger charge is 2.57. The Hall–Kier alpha value is -1.69. The molecule has 140 valence electrons. The number of nitrogens with zero attached hydrogens (tertiary/aromatic N) is 3. The average molecular weight is 356 g/mol. The Balaban J connectivity index is 1.18. The van der Waals surface area contributed by atoms with Crippen molar-refractivity contribution in [2.24, 2.45) is 17.8 Å². The number of aryl methyl sites for hydroxylation is 1. The standard InChI is InChI=1S/C20H28N4O2/c1-13-9-21-12-22-18(13)24-5-4-15-6-17(3-2-16(15)10-24)23-19(25)20-7-14(8-20)11-26-20/h9,12,14-17H,2-8,10-11H2,1H3,(H,23,25). The number of piperidine rings is 1. The summed E-state index contributed by atoms with van der Waals surface area (Å²) in [6.45, 7) is 5.00. The number of carbonyl (C=O) groups is 1. The fourth-order valence-electron chi connectivity index (χ4n) is 5.62. The fourth-order valence-corrected chi connectivity index (χ4v) is 5.62. The molecule has 5 fully saturated rings. The molecule has 0 radical (unpaired) electrons. The molecule has 1 aromatic heterocycles. The summed E-state index contributed by atoms with van der Waals surface area (Å²) in [6.07, 6.45) is 9.99. The van der Waals surface area contributed by atoms with Crippen LogP contribution < -0.4 is 10.2 Å². The summed E-state index contributed by atoms with van der Waals surface area (Å²) in [5.41, 5.74) is 0.691. The van der Waals surface area contributed by atoms with Gasteiger partial charge in [-0.05, 0) is 63.2 Å². The first kappa shape index (κ1) is 16.5. The molecule has 4 heterocycles. The third-order valence-corrected chi connectivity index (χ3v) is 7.11. The minimum atomic E-state index is -0.463. The van der Waals surface area contributed by atoms with Crippen molar-refractivity contribution >= 4 is 11.7 Å². The van der Waals surface area contributed by atoms with E-state index >= 15 is 0 Å². The molecule has 1 aromatic rings. The second kappa shape index (κ2) is 6.19. The first-order chi connectivity index (χ1) is 12.6. The smallest absolute Gasteiger partial charge is 0.252 e. The molecular weight excluding hydrogens is 328 g/mol. The van der Waals surface area contributed by atoms with Gasteiger partial charge in [0.25, 0.3) is 5.91 Å². The Bertz CT molecular complexity index is 697. The van der Waals surface area contributed by atoms with Gasteiger partial charge in [0.15, 0.2) is 0 Å². The first-order valence-electron chi connectivity index (χ1n) is 10.1. The lowest BCUT2D eigenvalue weighted by Crippen LogP contribution is -2.55. The van der Waals surface area contributed by atoms with Crippen LogP contribution >= 0.6 is 0 Å². The van der Waals surface area contributed by atoms with Crippen molar-refractivity contribution in [1.82, 2.24) is 15.3 Å². The summed E-state index contributed by atoms with van der Waals surface area (Å²) in [7, 11) is 0. The molecule has 2 saturated carbocycles. The van der Waals surface area contributed by atoms with Gasteiger partial charge in [0, 0.05) is 30.9 Å². The Kier molecular flexibility index (Phi) is 3.92. The zero-order valence-electron chi connectivity index (χ0n) is 15.5. The topological polar surface area (TPSA) is 67.4 Å². The second-order valence-corrected chi connectivity index (χ2v) is 8.85. The Morgan fingerprint density at radius 1 is 1.31 bits per heavy atom. The maximum Gasteiger partial charge on any atom is 0.252 e. The van der Waals surface area contributed by atoms with Gasteiger partial charge in [0.2, 0.25) is 0 Å². The number of aromatic nitrogens is 2. The lowest BCUT2D eigenvalue weighted by atomic mass is 9.71. The van der Waals surface area contributed by atoms with Crippen LogP contribution in [-0.2, 0) is 9.53 Å². The minimum absolute atomic E-state index is 0.156. The van der Waals surface area contributed by atoms with Crippen molar-refractivity contribution < 1.29 is 9.53 Å². The van der Waals surface area contributed by atoms with Gasteiger partial charge in [-0.2, -0.15) is 0 Å². The molecule has 6 nitrogen and oxygen atoms in total. The number of hydrogen-bond donors (Lipinski definition) is 1. The molecule has 1 N–H and O–H groups in total. The van der Waals surface area contributed by atoms with Gasteiger partial charge in [0.1, 0.15) is 17.7 Å². The van der Waals surface area contributed by atoms with Crippen molar-refractivity contribution in [3.63, 3.8) is 0 Å². The number of amides is 1. The van der Waals surface area contributed by atoms with E-state index in [9.17, 15) is 4.79 Å². The maximum absolute atomic E-state index is 12.6. The monoisotopic (exact) mass is 356 g/mol. The Morgan fingerprint density at radius 2 is 2.19 bits per heavy atom. The molecule has 26 heavy (non-hydrogen) atoms.